The van der Waals surface area contributed by atoms with Crippen LogP contribution in [0.2, 0.25) is 0 Å². The number of aryl methyl sites for hydroxylation is 1. The van der Waals surface area contributed by atoms with Crippen molar-refractivity contribution in [3.05, 3.63) is 29.3 Å². The van der Waals surface area contributed by atoms with Crippen molar-refractivity contribution < 1.29 is 19.6 Å². The first-order chi connectivity index (χ1) is 10.0. The first-order valence-corrected chi connectivity index (χ1v) is 7.59. The molecule has 2 N–H and O–H groups in total. The van der Waals surface area contributed by atoms with Crippen LogP contribution in [0.4, 0.5) is 0 Å². The Morgan fingerprint density at radius 3 is 2.29 bits per heavy atom. The highest BCUT2D eigenvalue weighted by molar-refractivity contribution is 6.58. The third-order valence-electron chi connectivity index (χ3n) is 4.97. The SMILES string of the molecule is CCc1ccc(B(O)O)cc1C1C(=O)[C@@H]2CC[C@@H](C2)C1=O. The van der Waals surface area contributed by atoms with Gasteiger partial charge in [0.25, 0.3) is 0 Å². The van der Waals surface area contributed by atoms with Crippen LogP contribution in [0.25, 0.3) is 0 Å². The summed E-state index contributed by atoms with van der Waals surface area (Å²) in [5.41, 5.74) is 1.95. The van der Waals surface area contributed by atoms with Crippen molar-refractivity contribution in [2.75, 3.05) is 0 Å². The summed E-state index contributed by atoms with van der Waals surface area (Å²) in [6.07, 6.45) is 3.05. The van der Waals surface area contributed by atoms with Gasteiger partial charge < -0.3 is 10.0 Å². The Morgan fingerprint density at radius 2 is 1.76 bits per heavy atom. The van der Waals surface area contributed by atoms with Gasteiger partial charge in [-0.25, -0.2) is 0 Å². The molecule has 3 atom stereocenters. The lowest BCUT2D eigenvalue weighted by molar-refractivity contribution is -0.135. The number of hydrogen-bond donors (Lipinski definition) is 2. The van der Waals surface area contributed by atoms with E-state index in [2.05, 4.69) is 0 Å². The molecule has 1 aromatic carbocycles. The van der Waals surface area contributed by atoms with Gasteiger partial charge in [-0.1, -0.05) is 25.1 Å². The van der Waals surface area contributed by atoms with Crippen LogP contribution in [0, 0.1) is 11.8 Å². The highest BCUT2D eigenvalue weighted by Gasteiger charge is 2.47. The van der Waals surface area contributed by atoms with E-state index in [4.69, 9.17) is 0 Å². The molecule has 2 fully saturated rings. The minimum absolute atomic E-state index is 0.00473. The maximum Gasteiger partial charge on any atom is 0.488 e. The molecule has 0 aromatic heterocycles. The molecule has 2 aliphatic carbocycles. The smallest absolute Gasteiger partial charge is 0.423 e. The van der Waals surface area contributed by atoms with E-state index >= 15 is 0 Å². The van der Waals surface area contributed by atoms with Gasteiger partial charge in [0.2, 0.25) is 0 Å². The molecule has 0 radical (unpaired) electrons. The normalized spacial score (nSPS) is 28.0. The molecule has 0 heterocycles. The second-order valence-electron chi connectivity index (χ2n) is 6.13. The number of carbonyl (C=O) groups is 2. The molecular formula is C16H19BO4. The Bertz CT molecular complexity index is 574. The zero-order valence-electron chi connectivity index (χ0n) is 12.1. The average Bonchev–Trinajstić information content (AvgIpc) is 2.92. The minimum atomic E-state index is -1.58. The van der Waals surface area contributed by atoms with Crippen molar-refractivity contribution in [3.63, 3.8) is 0 Å². The summed E-state index contributed by atoms with van der Waals surface area (Å²) in [5, 5.41) is 18.7. The van der Waals surface area contributed by atoms with Gasteiger partial charge in [0.05, 0.1) is 0 Å². The lowest BCUT2D eigenvalue weighted by atomic mass is 9.71. The maximum absolute atomic E-state index is 12.6. The van der Waals surface area contributed by atoms with Crippen molar-refractivity contribution >= 4 is 24.1 Å². The Morgan fingerprint density at radius 1 is 1.14 bits per heavy atom. The van der Waals surface area contributed by atoms with Crippen LogP contribution < -0.4 is 5.46 Å². The van der Waals surface area contributed by atoms with E-state index in [0.29, 0.717) is 23.9 Å². The van der Waals surface area contributed by atoms with Crippen molar-refractivity contribution in [2.45, 2.75) is 38.5 Å². The maximum atomic E-state index is 12.6. The van der Waals surface area contributed by atoms with Gasteiger partial charge in [-0.2, -0.15) is 0 Å². The van der Waals surface area contributed by atoms with Crippen LogP contribution in [0.3, 0.4) is 0 Å². The Hall–Kier alpha value is -1.46. The zero-order chi connectivity index (χ0) is 15.1. The third kappa shape index (κ3) is 2.34. The number of ketones is 2. The van der Waals surface area contributed by atoms with Crippen molar-refractivity contribution in [1.82, 2.24) is 0 Å². The molecule has 21 heavy (non-hydrogen) atoms. The summed E-state index contributed by atoms with van der Waals surface area (Å²) < 4.78 is 0. The highest BCUT2D eigenvalue weighted by atomic mass is 16.4. The molecule has 0 amide bonds. The molecule has 2 bridgehead atoms. The average molecular weight is 286 g/mol. The molecular weight excluding hydrogens is 267 g/mol. The molecule has 1 unspecified atom stereocenters. The fourth-order valence-corrected chi connectivity index (χ4v) is 3.78. The monoisotopic (exact) mass is 286 g/mol. The number of fused-ring (bicyclic) bond motifs is 2. The van der Waals surface area contributed by atoms with E-state index in [9.17, 15) is 19.6 Å². The number of carbonyl (C=O) groups excluding carboxylic acids is 2. The van der Waals surface area contributed by atoms with Crippen LogP contribution in [-0.2, 0) is 16.0 Å². The predicted octanol–water partition coefficient (Wildman–Crippen LogP) is 0.580. The first-order valence-electron chi connectivity index (χ1n) is 7.59. The first kappa shape index (κ1) is 14.5. The standard InChI is InChI=1S/C16H19BO4/c1-2-9-5-6-12(17(20)21)8-13(9)14-15(18)10-3-4-11(7-10)16(14)19/h5-6,8,10-11,14,20-21H,2-4,7H2,1H3/t10-,11+,14?. The van der Waals surface area contributed by atoms with E-state index in [1.165, 1.54) is 0 Å². The summed E-state index contributed by atoms with van der Waals surface area (Å²) in [4.78, 5) is 25.2. The zero-order valence-corrected chi connectivity index (χ0v) is 12.1. The minimum Gasteiger partial charge on any atom is -0.423 e. The molecule has 4 nitrogen and oxygen atoms in total. The molecule has 1 aromatic rings. The van der Waals surface area contributed by atoms with Crippen molar-refractivity contribution in [3.8, 4) is 0 Å². The fraction of sp³-hybridized carbons (Fsp3) is 0.500. The van der Waals surface area contributed by atoms with Crippen LogP contribution in [-0.4, -0.2) is 28.7 Å². The van der Waals surface area contributed by atoms with E-state index < -0.39 is 13.0 Å². The van der Waals surface area contributed by atoms with Gasteiger partial charge in [-0.3, -0.25) is 9.59 Å². The van der Waals surface area contributed by atoms with E-state index in [1.807, 2.05) is 6.92 Å². The van der Waals surface area contributed by atoms with Gasteiger partial charge in [-0.15, -0.1) is 0 Å². The molecule has 5 heteroatoms. The molecule has 2 aliphatic rings. The summed E-state index contributed by atoms with van der Waals surface area (Å²) in [6.45, 7) is 1.97. The summed E-state index contributed by atoms with van der Waals surface area (Å²) in [5.74, 6) is -0.652. The lowest BCUT2D eigenvalue weighted by Gasteiger charge is -2.27. The Balaban J connectivity index is 2.07. The van der Waals surface area contributed by atoms with E-state index in [-0.39, 0.29) is 23.4 Å². The summed E-state index contributed by atoms with van der Waals surface area (Å²) in [6, 6.07) is 5.05. The lowest BCUT2D eigenvalue weighted by Crippen LogP contribution is -2.37. The van der Waals surface area contributed by atoms with Gasteiger partial charge in [0.1, 0.15) is 5.92 Å². The topological polar surface area (TPSA) is 74.6 Å². The fourth-order valence-electron chi connectivity index (χ4n) is 3.78. The van der Waals surface area contributed by atoms with Gasteiger partial charge in [-0.05, 0) is 42.3 Å². The molecule has 0 aliphatic heterocycles. The molecule has 3 rings (SSSR count). The van der Waals surface area contributed by atoms with E-state index in [0.717, 1.165) is 18.4 Å². The Labute approximate surface area is 124 Å². The second kappa shape index (κ2) is 5.39. The summed E-state index contributed by atoms with van der Waals surface area (Å²) >= 11 is 0. The number of hydrogen-bond acceptors (Lipinski definition) is 4. The molecule has 0 spiro atoms. The van der Waals surface area contributed by atoms with Gasteiger partial charge in [0, 0.05) is 11.8 Å². The highest BCUT2D eigenvalue weighted by Crippen LogP contribution is 2.44. The number of benzene rings is 1. The summed E-state index contributed by atoms with van der Waals surface area (Å²) in [7, 11) is -1.58. The van der Waals surface area contributed by atoms with Crippen molar-refractivity contribution in [1.29, 1.82) is 0 Å². The third-order valence-corrected chi connectivity index (χ3v) is 4.97. The second-order valence-corrected chi connectivity index (χ2v) is 6.13. The Kier molecular flexibility index (Phi) is 3.72. The van der Waals surface area contributed by atoms with Crippen LogP contribution in [0.5, 0.6) is 0 Å². The predicted molar refractivity (Wildman–Crippen MR) is 79.2 cm³/mol. The van der Waals surface area contributed by atoms with E-state index in [1.54, 1.807) is 18.2 Å². The van der Waals surface area contributed by atoms with Crippen molar-refractivity contribution in [2.24, 2.45) is 11.8 Å². The van der Waals surface area contributed by atoms with Crippen LogP contribution in [0.15, 0.2) is 18.2 Å². The number of rotatable bonds is 3. The largest absolute Gasteiger partial charge is 0.488 e. The quantitative estimate of drug-likeness (QED) is 0.629. The van der Waals surface area contributed by atoms with Gasteiger partial charge in [0.15, 0.2) is 11.6 Å². The molecule has 0 saturated heterocycles. The molecule has 2 saturated carbocycles. The number of Topliss-reactive ketones (excluding diaryl/α,β-unsaturated/α-hetero) is 2. The molecule has 110 valence electrons. The van der Waals surface area contributed by atoms with Gasteiger partial charge >= 0.3 is 7.12 Å². The van der Waals surface area contributed by atoms with Crippen LogP contribution in [0.1, 0.15) is 43.2 Å². The van der Waals surface area contributed by atoms with Crippen LogP contribution >= 0.6 is 0 Å².